The van der Waals surface area contributed by atoms with E-state index in [1.165, 1.54) is 0 Å². The van der Waals surface area contributed by atoms with Crippen LogP contribution >= 0.6 is 0 Å². The fraction of sp³-hybridized carbons (Fsp3) is 0.417. The molecule has 2 rings (SSSR count). The molecular formula is C48H58Na2O10. The number of ether oxygens (including phenoxy) is 2. The summed E-state index contributed by atoms with van der Waals surface area (Å²) in [6.07, 6.45) is 24.7. The van der Waals surface area contributed by atoms with Crippen molar-refractivity contribution in [1.82, 2.24) is 0 Å². The molecule has 0 aromatic carbocycles. The van der Waals surface area contributed by atoms with Gasteiger partial charge in [-0.3, -0.25) is 19.2 Å². The number of carbonyl (C=O) groups is 6. The van der Waals surface area contributed by atoms with E-state index in [-0.39, 0.29) is 83.5 Å². The van der Waals surface area contributed by atoms with E-state index < -0.39 is 59.8 Å². The number of hydrogen-bond acceptors (Lipinski definition) is 10. The zero-order valence-corrected chi connectivity index (χ0v) is 41.6. The first-order valence-corrected chi connectivity index (χ1v) is 19.4. The van der Waals surface area contributed by atoms with Crippen molar-refractivity contribution < 1.29 is 108 Å². The number of carboxylic acid groups (broad SMARTS) is 2. The summed E-state index contributed by atoms with van der Waals surface area (Å²) in [5.74, 6) is -4.71. The van der Waals surface area contributed by atoms with Crippen molar-refractivity contribution in [3.05, 3.63) is 130 Å². The van der Waals surface area contributed by atoms with E-state index in [1.807, 2.05) is 140 Å². The molecular weight excluding hydrogens is 782 g/mol. The van der Waals surface area contributed by atoms with E-state index in [0.717, 1.165) is 33.4 Å². The zero-order chi connectivity index (χ0) is 43.8. The van der Waals surface area contributed by atoms with Crippen molar-refractivity contribution >= 4 is 35.4 Å². The van der Waals surface area contributed by atoms with Crippen molar-refractivity contribution in [1.29, 1.82) is 0 Å². The molecule has 2 aliphatic rings. The normalized spacial score (nSPS) is 20.4. The Balaban J connectivity index is 0.0000174. The first-order valence-electron chi connectivity index (χ1n) is 19.4. The molecule has 0 aliphatic heterocycles. The molecule has 0 bridgehead atoms. The Morgan fingerprint density at radius 2 is 0.850 bits per heavy atom. The zero-order valence-electron chi connectivity index (χ0n) is 37.6. The van der Waals surface area contributed by atoms with Gasteiger partial charge in [0, 0.05) is 24.8 Å². The van der Waals surface area contributed by atoms with E-state index >= 15 is 0 Å². The van der Waals surface area contributed by atoms with E-state index in [1.54, 1.807) is 13.8 Å². The molecule has 0 unspecified atom stereocenters. The predicted octanol–water partition coefficient (Wildman–Crippen LogP) is 1.08. The fourth-order valence-corrected chi connectivity index (χ4v) is 6.60. The SMILES string of the molecule is CC1=C(/C=C/C(C)=C/C=C/C(C)=C/C=C/C=C(C)/C=C/C=C(C)/C=C/C2=C(C)C(=O)[C@@H](OC(=O)CCC(=O)[O-])CC2(C)C)C(C)(C)C[C@H](OC(=O)CCC(=O)[O-])C1=O.[Na+].[Na+]. The first-order chi connectivity index (χ1) is 27.0. The minimum atomic E-state index is -1.34. The van der Waals surface area contributed by atoms with Crippen LogP contribution < -0.4 is 69.3 Å². The van der Waals surface area contributed by atoms with Gasteiger partial charge in [-0.2, -0.15) is 0 Å². The van der Waals surface area contributed by atoms with E-state index in [9.17, 15) is 39.0 Å². The smallest absolute Gasteiger partial charge is 0.550 e. The van der Waals surface area contributed by atoms with Crippen LogP contribution in [0, 0.1) is 10.8 Å². The number of rotatable bonds is 18. The average molecular weight is 841 g/mol. The van der Waals surface area contributed by atoms with Crippen LogP contribution in [0.3, 0.4) is 0 Å². The van der Waals surface area contributed by atoms with Crippen LogP contribution in [0.1, 0.15) is 108 Å². The monoisotopic (exact) mass is 840 g/mol. The fourth-order valence-electron chi connectivity index (χ4n) is 6.60. The standard InChI is InChI=1S/C48H60O10.2Na/c1-31(17-13-19-33(3)21-23-37-35(5)45(55)39(29-47(37,7)8)57-43(53)27-25-41(49)50)15-11-12-16-32(2)18-14-20-34(4)22-24-38-36(6)46(56)40(30-48(38,9)10)58-44(54)28-26-42(51)52;;/h11-24,39-40H,25-30H2,1-10H3,(H,49,50)(H,51,52);;/q;2*+1/p-2/b12-11+,17-13+,18-14+,23-21+,24-22+,31-15+,32-16+,33-19+,34-20+;;/t39-,40-;;/m0../s1. The Labute approximate surface area is 400 Å². The van der Waals surface area contributed by atoms with Gasteiger partial charge in [-0.15, -0.1) is 0 Å². The van der Waals surface area contributed by atoms with Crippen LogP contribution in [-0.4, -0.2) is 47.7 Å². The van der Waals surface area contributed by atoms with Crippen LogP contribution in [0.4, 0.5) is 0 Å². The summed E-state index contributed by atoms with van der Waals surface area (Å²) in [6, 6.07) is 0. The number of allylic oxidation sites excluding steroid dienone is 20. The van der Waals surface area contributed by atoms with Gasteiger partial charge in [0.15, 0.2) is 23.8 Å². The number of Topliss-reactive ketones (excluding diaryl/α,β-unsaturated/α-hetero) is 2. The third-order valence-corrected chi connectivity index (χ3v) is 9.89. The Bertz CT molecular complexity index is 1830. The second-order valence-electron chi connectivity index (χ2n) is 16.1. The van der Waals surface area contributed by atoms with Crippen LogP contribution in [0.5, 0.6) is 0 Å². The molecule has 0 spiro atoms. The first kappa shape index (κ1) is 56.4. The molecule has 0 saturated heterocycles. The molecule has 0 amide bonds. The van der Waals surface area contributed by atoms with Crippen molar-refractivity contribution in [3.8, 4) is 0 Å². The molecule has 10 nitrogen and oxygen atoms in total. The average Bonchev–Trinajstić information content (AvgIpc) is 3.12. The van der Waals surface area contributed by atoms with Crippen LogP contribution in [0.15, 0.2) is 130 Å². The number of ketones is 2. The van der Waals surface area contributed by atoms with Gasteiger partial charge in [-0.25, -0.2) is 0 Å². The predicted molar refractivity (Wildman–Crippen MR) is 221 cm³/mol. The summed E-state index contributed by atoms with van der Waals surface area (Å²) in [4.78, 5) is 71.4. The molecule has 0 radical (unpaired) electrons. The molecule has 312 valence electrons. The summed E-state index contributed by atoms with van der Waals surface area (Å²) in [7, 11) is 0. The summed E-state index contributed by atoms with van der Waals surface area (Å²) >= 11 is 0. The van der Waals surface area contributed by atoms with Gasteiger partial charge < -0.3 is 29.3 Å². The number of carboxylic acids is 2. The van der Waals surface area contributed by atoms with Crippen molar-refractivity contribution in [2.45, 2.75) is 120 Å². The van der Waals surface area contributed by atoms with Gasteiger partial charge in [0.05, 0.1) is 12.8 Å². The maximum atomic E-state index is 13.0. The summed E-state index contributed by atoms with van der Waals surface area (Å²) in [5, 5.41) is 21.3. The number of hydrogen-bond donors (Lipinski definition) is 0. The second kappa shape index (κ2) is 26.6. The van der Waals surface area contributed by atoms with Gasteiger partial charge in [0.1, 0.15) is 0 Å². The quantitative estimate of drug-likeness (QED) is 0.111. The van der Waals surface area contributed by atoms with Gasteiger partial charge in [-0.1, -0.05) is 135 Å². The van der Waals surface area contributed by atoms with Crippen LogP contribution in [0.25, 0.3) is 0 Å². The summed E-state index contributed by atoms with van der Waals surface area (Å²) < 4.78 is 10.6. The Morgan fingerprint density at radius 3 is 1.17 bits per heavy atom. The van der Waals surface area contributed by atoms with E-state index in [4.69, 9.17) is 9.47 Å². The maximum absolute atomic E-state index is 13.0. The molecule has 0 saturated carbocycles. The number of esters is 2. The van der Waals surface area contributed by atoms with Crippen LogP contribution in [-0.2, 0) is 38.2 Å². The molecule has 0 aromatic rings. The van der Waals surface area contributed by atoms with Crippen molar-refractivity contribution in [2.75, 3.05) is 0 Å². The molecule has 0 fully saturated rings. The molecule has 0 N–H and O–H groups in total. The van der Waals surface area contributed by atoms with Gasteiger partial charge in [0.2, 0.25) is 0 Å². The maximum Gasteiger partial charge on any atom is 1.00 e. The van der Waals surface area contributed by atoms with Crippen molar-refractivity contribution in [3.63, 3.8) is 0 Å². The van der Waals surface area contributed by atoms with Crippen molar-refractivity contribution in [2.24, 2.45) is 10.8 Å². The molecule has 2 atom stereocenters. The third-order valence-electron chi connectivity index (χ3n) is 9.89. The van der Waals surface area contributed by atoms with E-state index in [2.05, 4.69) is 0 Å². The Hall–Kier alpha value is -3.64. The Kier molecular flexibility index (Phi) is 25.0. The molecule has 12 heteroatoms. The van der Waals surface area contributed by atoms with Crippen LogP contribution in [0.2, 0.25) is 0 Å². The molecule has 60 heavy (non-hydrogen) atoms. The molecule has 0 aromatic heterocycles. The summed E-state index contributed by atoms with van der Waals surface area (Å²) in [6.45, 7) is 19.3. The second-order valence-corrected chi connectivity index (χ2v) is 16.1. The van der Waals surface area contributed by atoms with Gasteiger partial charge in [0.25, 0.3) is 0 Å². The summed E-state index contributed by atoms with van der Waals surface area (Å²) in [5.41, 5.74) is 5.92. The molecule has 2 aliphatic carbocycles. The van der Waals surface area contributed by atoms with Gasteiger partial charge in [-0.05, 0) is 87.5 Å². The minimum Gasteiger partial charge on any atom is -0.550 e. The van der Waals surface area contributed by atoms with E-state index in [0.29, 0.717) is 24.0 Å². The molecule has 0 heterocycles. The topological polar surface area (TPSA) is 167 Å². The minimum absolute atomic E-state index is 0. The largest absolute Gasteiger partial charge is 1.00 e. The third kappa shape index (κ3) is 19.4. The number of carbonyl (C=O) groups excluding carboxylic acids is 6. The Morgan fingerprint density at radius 1 is 0.550 bits per heavy atom. The number of aliphatic carboxylic acids is 2. The van der Waals surface area contributed by atoms with Gasteiger partial charge >= 0.3 is 71.1 Å².